The van der Waals surface area contributed by atoms with Crippen molar-refractivity contribution < 1.29 is 4.79 Å². The number of benzene rings is 1. The van der Waals surface area contributed by atoms with E-state index >= 15 is 0 Å². The number of amides is 1. The van der Waals surface area contributed by atoms with Gasteiger partial charge >= 0.3 is 0 Å². The predicted molar refractivity (Wildman–Crippen MR) is 129 cm³/mol. The lowest BCUT2D eigenvalue weighted by atomic mass is 10.1. The van der Waals surface area contributed by atoms with Gasteiger partial charge in [0.1, 0.15) is 11.6 Å². The topological polar surface area (TPSA) is 91.8 Å². The molecule has 9 heteroatoms. The summed E-state index contributed by atoms with van der Waals surface area (Å²) in [6.07, 6.45) is 4.11. The number of carbonyl (C=O) groups is 1. The van der Waals surface area contributed by atoms with Crippen LogP contribution in [0, 0.1) is 5.92 Å². The summed E-state index contributed by atoms with van der Waals surface area (Å²) in [5.41, 5.74) is 1.71. The molecule has 0 radical (unpaired) electrons. The molecule has 1 aliphatic rings. The Labute approximate surface area is 197 Å². The third-order valence-corrected chi connectivity index (χ3v) is 5.68. The number of anilines is 4. The maximum atomic E-state index is 12.7. The molecule has 166 valence electrons. The molecule has 32 heavy (non-hydrogen) atoms. The first kappa shape index (κ1) is 22.3. The van der Waals surface area contributed by atoms with Crippen LogP contribution in [0.4, 0.5) is 23.3 Å². The van der Waals surface area contributed by atoms with Crippen molar-refractivity contribution in [2.24, 2.45) is 5.92 Å². The van der Waals surface area contributed by atoms with Gasteiger partial charge in [-0.2, -0.15) is 4.98 Å². The molecule has 3 aromatic rings. The van der Waals surface area contributed by atoms with Crippen LogP contribution in [0.5, 0.6) is 0 Å². The van der Waals surface area contributed by atoms with Gasteiger partial charge in [-0.15, -0.1) is 0 Å². The summed E-state index contributed by atoms with van der Waals surface area (Å²) in [5.74, 6) is 2.34. The average molecular weight is 471 g/mol. The van der Waals surface area contributed by atoms with Gasteiger partial charge < -0.3 is 16.0 Å². The van der Waals surface area contributed by atoms with Crippen molar-refractivity contribution in [1.29, 1.82) is 0 Å². The number of halogens is 2. The average Bonchev–Trinajstić information content (AvgIpc) is 3.57. The quantitative estimate of drug-likeness (QED) is 0.367. The highest BCUT2D eigenvalue weighted by molar-refractivity contribution is 6.40. The zero-order valence-corrected chi connectivity index (χ0v) is 19.3. The van der Waals surface area contributed by atoms with Crippen molar-refractivity contribution in [3.05, 3.63) is 63.9 Å². The molecule has 1 amide bonds. The van der Waals surface area contributed by atoms with Crippen molar-refractivity contribution in [1.82, 2.24) is 15.0 Å². The van der Waals surface area contributed by atoms with Crippen LogP contribution in [0.1, 0.15) is 48.7 Å². The van der Waals surface area contributed by atoms with E-state index in [-0.39, 0.29) is 21.5 Å². The lowest BCUT2D eigenvalue weighted by Gasteiger charge is -2.13. The van der Waals surface area contributed by atoms with Gasteiger partial charge in [-0.05, 0) is 42.9 Å². The Bertz CT molecular complexity index is 1110. The molecule has 1 saturated carbocycles. The number of nitrogens with one attached hydrogen (secondary N) is 3. The molecule has 1 aliphatic carbocycles. The molecule has 7 nitrogen and oxygen atoms in total. The van der Waals surface area contributed by atoms with E-state index in [0.29, 0.717) is 29.2 Å². The van der Waals surface area contributed by atoms with E-state index in [1.54, 1.807) is 36.5 Å². The van der Waals surface area contributed by atoms with Gasteiger partial charge in [0.25, 0.3) is 5.91 Å². The summed E-state index contributed by atoms with van der Waals surface area (Å²) in [7, 11) is 0. The summed E-state index contributed by atoms with van der Waals surface area (Å²) in [6, 6.07) is 10.3. The fourth-order valence-corrected chi connectivity index (χ4v) is 3.65. The fraction of sp³-hybridized carbons (Fsp3) is 0.304. The van der Waals surface area contributed by atoms with E-state index in [1.165, 1.54) is 12.8 Å². The second-order valence-corrected chi connectivity index (χ2v) is 8.90. The SMILES string of the molecule is CC(C)c1cc(Nc2cc(NC(=O)c3c(Cl)cccc3Cl)ccn2)nc(NCC2CC2)n1. The number of carbonyl (C=O) groups excluding carboxylic acids is 1. The van der Waals surface area contributed by atoms with Gasteiger partial charge in [-0.25, -0.2) is 9.97 Å². The van der Waals surface area contributed by atoms with E-state index in [4.69, 9.17) is 23.2 Å². The highest BCUT2D eigenvalue weighted by Crippen LogP contribution is 2.29. The molecule has 4 rings (SSSR count). The Balaban J connectivity index is 1.51. The minimum atomic E-state index is -0.395. The van der Waals surface area contributed by atoms with Gasteiger partial charge in [-0.3, -0.25) is 4.79 Å². The molecule has 0 aliphatic heterocycles. The van der Waals surface area contributed by atoms with Crippen LogP contribution < -0.4 is 16.0 Å². The van der Waals surface area contributed by atoms with E-state index in [1.807, 2.05) is 6.07 Å². The number of hydrogen-bond donors (Lipinski definition) is 3. The number of hydrogen-bond acceptors (Lipinski definition) is 6. The fourth-order valence-electron chi connectivity index (χ4n) is 3.08. The van der Waals surface area contributed by atoms with E-state index in [2.05, 4.69) is 44.7 Å². The predicted octanol–water partition coefficient (Wildman–Crippen LogP) is 6.12. The Kier molecular flexibility index (Phi) is 6.77. The minimum Gasteiger partial charge on any atom is -0.354 e. The first-order chi connectivity index (χ1) is 15.4. The zero-order chi connectivity index (χ0) is 22.7. The van der Waals surface area contributed by atoms with Gasteiger partial charge in [0, 0.05) is 30.6 Å². The standard InChI is InChI=1S/C23H24Cl2N6O/c1-13(2)18-11-20(31-23(29-18)27-12-14-6-7-14)30-19-10-15(8-9-26-19)28-22(32)21-16(24)4-3-5-17(21)25/h3-5,8-11,13-14H,6-7,12H2,1-2H3,(H3,26,27,28,29,30,31,32). The van der Waals surface area contributed by atoms with Crippen LogP contribution in [0.2, 0.25) is 10.0 Å². The Morgan fingerprint density at radius 1 is 1.09 bits per heavy atom. The molecule has 0 spiro atoms. The molecule has 0 saturated heterocycles. The third kappa shape index (κ3) is 5.66. The maximum Gasteiger partial charge on any atom is 0.258 e. The van der Waals surface area contributed by atoms with E-state index < -0.39 is 5.91 Å². The van der Waals surface area contributed by atoms with Crippen LogP contribution in [0.3, 0.4) is 0 Å². The van der Waals surface area contributed by atoms with Crippen molar-refractivity contribution in [2.45, 2.75) is 32.6 Å². The zero-order valence-electron chi connectivity index (χ0n) is 17.8. The number of aromatic nitrogens is 3. The number of rotatable bonds is 8. The molecule has 2 heterocycles. The molecule has 3 N–H and O–H groups in total. The summed E-state index contributed by atoms with van der Waals surface area (Å²) in [5, 5.41) is 9.93. The molecule has 0 unspecified atom stereocenters. The summed E-state index contributed by atoms with van der Waals surface area (Å²) in [6.45, 7) is 5.06. The largest absolute Gasteiger partial charge is 0.354 e. The lowest BCUT2D eigenvalue weighted by Crippen LogP contribution is -2.13. The second kappa shape index (κ2) is 9.71. The summed E-state index contributed by atoms with van der Waals surface area (Å²) >= 11 is 12.3. The van der Waals surface area contributed by atoms with Crippen molar-refractivity contribution in [3.63, 3.8) is 0 Å². The number of pyridine rings is 1. The van der Waals surface area contributed by atoms with E-state index in [9.17, 15) is 4.79 Å². The lowest BCUT2D eigenvalue weighted by molar-refractivity contribution is 0.102. The molecule has 0 atom stereocenters. The molecular weight excluding hydrogens is 447 g/mol. The third-order valence-electron chi connectivity index (χ3n) is 5.05. The van der Waals surface area contributed by atoms with Crippen LogP contribution in [0.15, 0.2) is 42.6 Å². The van der Waals surface area contributed by atoms with Crippen LogP contribution in [-0.4, -0.2) is 27.4 Å². The highest BCUT2D eigenvalue weighted by atomic mass is 35.5. The first-order valence-electron chi connectivity index (χ1n) is 10.5. The summed E-state index contributed by atoms with van der Waals surface area (Å²) < 4.78 is 0. The molecule has 2 aromatic heterocycles. The van der Waals surface area contributed by atoms with E-state index in [0.717, 1.165) is 12.2 Å². The molecule has 0 bridgehead atoms. The summed E-state index contributed by atoms with van der Waals surface area (Å²) in [4.78, 5) is 26.2. The Morgan fingerprint density at radius 3 is 2.53 bits per heavy atom. The highest BCUT2D eigenvalue weighted by Gasteiger charge is 2.21. The van der Waals surface area contributed by atoms with Gasteiger partial charge in [0.15, 0.2) is 0 Å². The van der Waals surface area contributed by atoms with Crippen LogP contribution in [-0.2, 0) is 0 Å². The van der Waals surface area contributed by atoms with Crippen LogP contribution in [0.25, 0.3) is 0 Å². The molecular formula is C23H24Cl2N6O. The van der Waals surface area contributed by atoms with Gasteiger partial charge in [0.05, 0.1) is 21.3 Å². The Hall–Kier alpha value is -2.90. The second-order valence-electron chi connectivity index (χ2n) is 8.09. The van der Waals surface area contributed by atoms with Gasteiger partial charge in [-0.1, -0.05) is 43.1 Å². The van der Waals surface area contributed by atoms with Crippen molar-refractivity contribution in [2.75, 3.05) is 22.5 Å². The van der Waals surface area contributed by atoms with Crippen LogP contribution >= 0.6 is 23.2 Å². The van der Waals surface area contributed by atoms with Crippen molar-refractivity contribution >= 4 is 52.4 Å². The number of nitrogens with zero attached hydrogens (tertiary/aromatic N) is 3. The Morgan fingerprint density at radius 2 is 1.84 bits per heavy atom. The normalized spacial score (nSPS) is 13.2. The smallest absolute Gasteiger partial charge is 0.258 e. The molecule has 1 fully saturated rings. The monoisotopic (exact) mass is 470 g/mol. The van der Waals surface area contributed by atoms with Crippen molar-refractivity contribution in [3.8, 4) is 0 Å². The minimum absolute atomic E-state index is 0.228. The maximum absolute atomic E-state index is 12.7. The molecule has 1 aromatic carbocycles. The van der Waals surface area contributed by atoms with Gasteiger partial charge in [0.2, 0.25) is 5.95 Å². The first-order valence-corrected chi connectivity index (χ1v) is 11.3.